The highest BCUT2D eigenvalue weighted by Crippen LogP contribution is 2.38. The van der Waals surface area contributed by atoms with Crippen molar-refractivity contribution < 1.29 is 19.0 Å². The monoisotopic (exact) mass is 269 g/mol. The van der Waals surface area contributed by atoms with Crippen molar-refractivity contribution in [2.24, 2.45) is 5.92 Å². The second-order valence-electron chi connectivity index (χ2n) is 5.05. The van der Waals surface area contributed by atoms with Crippen LogP contribution in [0.3, 0.4) is 0 Å². The van der Waals surface area contributed by atoms with Crippen molar-refractivity contribution >= 4 is 0 Å². The quantitative estimate of drug-likeness (QED) is 0.860. The average molecular weight is 269 g/mol. The molecule has 0 heterocycles. The molecule has 0 aliphatic rings. The van der Waals surface area contributed by atoms with Crippen LogP contribution in [-0.4, -0.2) is 29.1 Å². The minimum absolute atomic E-state index is 0.0823. The lowest BCUT2D eigenvalue weighted by Crippen LogP contribution is -2.34. The zero-order valence-electron chi connectivity index (χ0n) is 10.9. The van der Waals surface area contributed by atoms with Crippen molar-refractivity contribution in [2.45, 2.75) is 25.4 Å². The van der Waals surface area contributed by atoms with Crippen molar-refractivity contribution in [3.63, 3.8) is 0 Å². The van der Waals surface area contributed by atoms with Crippen LogP contribution in [0.2, 0.25) is 0 Å². The van der Waals surface area contributed by atoms with Crippen molar-refractivity contribution in [3.8, 4) is 6.07 Å². The van der Waals surface area contributed by atoms with Gasteiger partial charge < -0.3 is 10.2 Å². The lowest BCUT2D eigenvalue weighted by molar-refractivity contribution is 0.0606. The summed E-state index contributed by atoms with van der Waals surface area (Å²) in [5, 5.41) is 27.3. The SMILES string of the molecule is CC(C)(F)[C@H](c1cc(F)cc(C#N)c1)C(CO)CO. The van der Waals surface area contributed by atoms with E-state index in [0.29, 0.717) is 0 Å². The smallest absolute Gasteiger partial charge is 0.124 e. The molecule has 0 amide bonds. The first-order chi connectivity index (χ1) is 8.83. The highest BCUT2D eigenvalue weighted by Gasteiger charge is 2.37. The Bertz CT molecular complexity index is 473. The van der Waals surface area contributed by atoms with Crippen molar-refractivity contribution in [1.82, 2.24) is 0 Å². The summed E-state index contributed by atoms with van der Waals surface area (Å²) in [5.41, 5.74) is -1.42. The Morgan fingerprint density at radius 3 is 2.26 bits per heavy atom. The standard InChI is InChI=1S/C14H17F2NO2/c1-14(2,16)13(11(7-18)8-19)10-3-9(6-17)4-12(15)5-10/h3-5,11,13,18-19H,7-8H2,1-2H3/t13-/m1/s1. The van der Waals surface area contributed by atoms with E-state index < -0.39 is 36.5 Å². The Morgan fingerprint density at radius 2 is 1.84 bits per heavy atom. The summed E-state index contributed by atoms with van der Waals surface area (Å²) >= 11 is 0. The Kier molecular flexibility index (Phi) is 4.98. The molecular weight excluding hydrogens is 252 g/mol. The Hall–Kier alpha value is -1.51. The molecule has 0 radical (unpaired) electrons. The van der Waals surface area contributed by atoms with Gasteiger partial charge in [0.15, 0.2) is 0 Å². The molecular formula is C14H17F2NO2. The lowest BCUT2D eigenvalue weighted by Gasteiger charge is -2.33. The van der Waals surface area contributed by atoms with E-state index in [1.54, 1.807) is 6.07 Å². The van der Waals surface area contributed by atoms with Gasteiger partial charge in [-0.05, 0) is 37.6 Å². The maximum Gasteiger partial charge on any atom is 0.124 e. The van der Waals surface area contributed by atoms with Crippen molar-refractivity contribution in [1.29, 1.82) is 5.26 Å². The van der Waals surface area contributed by atoms with Crippen LogP contribution < -0.4 is 0 Å². The van der Waals surface area contributed by atoms with Gasteiger partial charge in [-0.3, -0.25) is 0 Å². The lowest BCUT2D eigenvalue weighted by atomic mass is 9.76. The molecule has 0 aliphatic heterocycles. The summed E-state index contributed by atoms with van der Waals surface area (Å²) in [7, 11) is 0. The van der Waals surface area contributed by atoms with E-state index in [1.165, 1.54) is 19.9 Å². The predicted octanol–water partition coefficient (Wildman–Crippen LogP) is 2.13. The molecule has 0 spiro atoms. The number of hydrogen-bond donors (Lipinski definition) is 2. The van der Waals surface area contributed by atoms with Crippen LogP contribution in [-0.2, 0) is 0 Å². The zero-order chi connectivity index (χ0) is 14.6. The maximum absolute atomic E-state index is 14.3. The highest BCUT2D eigenvalue weighted by atomic mass is 19.1. The van der Waals surface area contributed by atoms with E-state index in [1.807, 2.05) is 0 Å². The van der Waals surface area contributed by atoms with Crippen LogP contribution in [0.4, 0.5) is 8.78 Å². The number of nitrogens with zero attached hydrogens (tertiary/aromatic N) is 1. The van der Waals surface area contributed by atoms with Crippen LogP contribution >= 0.6 is 0 Å². The van der Waals surface area contributed by atoms with Crippen LogP contribution in [0, 0.1) is 23.1 Å². The van der Waals surface area contributed by atoms with Gasteiger partial charge in [0.2, 0.25) is 0 Å². The summed E-state index contributed by atoms with van der Waals surface area (Å²) in [6.07, 6.45) is 0. The van der Waals surface area contributed by atoms with E-state index in [4.69, 9.17) is 5.26 Å². The zero-order valence-corrected chi connectivity index (χ0v) is 10.9. The van der Waals surface area contributed by atoms with Gasteiger partial charge in [0.1, 0.15) is 11.5 Å². The number of nitriles is 1. The molecule has 0 saturated heterocycles. The molecule has 0 aliphatic carbocycles. The van der Waals surface area contributed by atoms with Gasteiger partial charge in [0.05, 0.1) is 11.6 Å². The molecule has 1 rings (SSSR count). The number of halogens is 2. The van der Waals surface area contributed by atoms with Crippen molar-refractivity contribution in [3.05, 3.63) is 35.1 Å². The minimum Gasteiger partial charge on any atom is -0.396 e. The van der Waals surface area contributed by atoms with E-state index >= 15 is 0 Å². The minimum atomic E-state index is -1.77. The number of benzene rings is 1. The predicted molar refractivity (Wildman–Crippen MR) is 66.7 cm³/mol. The Balaban J connectivity index is 3.33. The molecule has 104 valence electrons. The van der Waals surface area contributed by atoms with Gasteiger partial charge in [-0.15, -0.1) is 0 Å². The first-order valence-corrected chi connectivity index (χ1v) is 5.94. The summed E-state index contributed by atoms with van der Waals surface area (Å²) in [6.45, 7) is 1.75. The second kappa shape index (κ2) is 6.09. The molecule has 5 heteroatoms. The maximum atomic E-state index is 14.3. The summed E-state index contributed by atoms with van der Waals surface area (Å²) in [6, 6.07) is 5.37. The largest absolute Gasteiger partial charge is 0.396 e. The third-order valence-corrected chi connectivity index (χ3v) is 3.09. The third-order valence-electron chi connectivity index (χ3n) is 3.09. The fourth-order valence-electron chi connectivity index (χ4n) is 2.35. The van der Waals surface area contributed by atoms with Gasteiger partial charge in [-0.1, -0.05) is 0 Å². The van der Waals surface area contributed by atoms with E-state index in [9.17, 15) is 19.0 Å². The van der Waals surface area contributed by atoms with Crippen LogP contribution in [0.5, 0.6) is 0 Å². The molecule has 0 aromatic heterocycles. The van der Waals surface area contributed by atoms with E-state index in [2.05, 4.69) is 0 Å². The molecule has 0 bridgehead atoms. The van der Waals surface area contributed by atoms with E-state index in [-0.39, 0.29) is 11.1 Å². The average Bonchev–Trinajstić information content (AvgIpc) is 2.33. The van der Waals surface area contributed by atoms with E-state index in [0.717, 1.165) is 12.1 Å². The summed E-state index contributed by atoms with van der Waals surface area (Å²) in [5.74, 6) is -2.29. The first-order valence-electron chi connectivity index (χ1n) is 5.94. The molecule has 2 N–H and O–H groups in total. The van der Waals surface area contributed by atoms with Crippen LogP contribution in [0.15, 0.2) is 18.2 Å². The number of aliphatic hydroxyl groups is 2. The molecule has 19 heavy (non-hydrogen) atoms. The summed E-state index contributed by atoms with van der Waals surface area (Å²) < 4.78 is 27.7. The highest BCUT2D eigenvalue weighted by molar-refractivity contribution is 5.36. The first kappa shape index (κ1) is 15.5. The fraction of sp³-hybridized carbons (Fsp3) is 0.500. The number of alkyl halides is 1. The fourth-order valence-corrected chi connectivity index (χ4v) is 2.35. The topological polar surface area (TPSA) is 64.2 Å². The molecule has 1 aromatic rings. The molecule has 0 saturated carbocycles. The third kappa shape index (κ3) is 3.72. The number of aliphatic hydroxyl groups excluding tert-OH is 2. The molecule has 3 nitrogen and oxygen atoms in total. The van der Waals surface area contributed by atoms with Crippen LogP contribution in [0.25, 0.3) is 0 Å². The van der Waals surface area contributed by atoms with Gasteiger partial charge in [0.25, 0.3) is 0 Å². The molecule has 1 atom stereocenters. The number of hydrogen-bond acceptors (Lipinski definition) is 3. The van der Waals surface area contributed by atoms with Gasteiger partial charge in [-0.2, -0.15) is 5.26 Å². The Morgan fingerprint density at radius 1 is 1.26 bits per heavy atom. The number of rotatable bonds is 5. The molecule has 1 aromatic carbocycles. The second-order valence-corrected chi connectivity index (χ2v) is 5.05. The molecule has 0 fully saturated rings. The Labute approximate surface area is 111 Å². The molecule has 0 unspecified atom stereocenters. The van der Waals surface area contributed by atoms with Crippen LogP contribution in [0.1, 0.15) is 30.9 Å². The van der Waals surface area contributed by atoms with Gasteiger partial charge >= 0.3 is 0 Å². The van der Waals surface area contributed by atoms with Crippen molar-refractivity contribution in [2.75, 3.05) is 13.2 Å². The summed E-state index contributed by atoms with van der Waals surface area (Å²) in [4.78, 5) is 0. The normalized spacial score (nSPS) is 13.4. The van der Waals surface area contributed by atoms with Gasteiger partial charge in [-0.25, -0.2) is 8.78 Å². The van der Waals surface area contributed by atoms with Gasteiger partial charge in [0, 0.05) is 25.0 Å².